The summed E-state index contributed by atoms with van der Waals surface area (Å²) in [6, 6.07) is -0.714. The molecule has 1 N–H and O–H groups in total. The van der Waals surface area contributed by atoms with Crippen molar-refractivity contribution in [1.29, 1.82) is 0 Å². The van der Waals surface area contributed by atoms with E-state index in [-0.39, 0.29) is 19.8 Å². The van der Waals surface area contributed by atoms with E-state index in [1.807, 2.05) is 0 Å². The number of aliphatic hydroxyl groups is 1. The van der Waals surface area contributed by atoms with Crippen LogP contribution in [0.4, 0.5) is 0 Å². The highest BCUT2D eigenvalue weighted by Gasteiger charge is 2.71. The minimum Gasteiger partial charge on any atom is -0.381 e. The molecule has 1 saturated carbocycles. The van der Waals surface area contributed by atoms with Crippen molar-refractivity contribution in [2.24, 2.45) is 11.0 Å². The highest BCUT2D eigenvalue weighted by atomic mass is 16.7. The molecule has 1 aliphatic carbocycles. The van der Waals surface area contributed by atoms with E-state index < -0.39 is 85.1 Å². The quantitative estimate of drug-likeness (QED) is 0.0199. The standard InChI is InChI=1S/C54H103N3O14/c1-10-19-28-59-37-41-45(70-52-50(65-34-25-16-7)49(64-33-24-15-6)47(63-32-23-14-5)44(69-52)40-61-30-21-12-3)51(66-35-26-17-8)54(41,68-36-27-18-9)53(58)71-48-43(39-60-29-20-11-2)67-38-42(56-57-55)46(48)62-31-22-13-4/h41-53,58H,10-40H2,1-9H3/t41?,42-,43?,44?,45+,46?,47+,48-,49+,50?,51?,52-,53+,54?/m1/s1. The van der Waals surface area contributed by atoms with Gasteiger partial charge >= 0.3 is 0 Å². The van der Waals surface area contributed by atoms with Crippen LogP contribution in [0.2, 0.25) is 0 Å². The van der Waals surface area contributed by atoms with Gasteiger partial charge in [-0.2, -0.15) is 0 Å². The summed E-state index contributed by atoms with van der Waals surface area (Å²) in [6.45, 7) is 24.2. The summed E-state index contributed by atoms with van der Waals surface area (Å²) >= 11 is 0. The van der Waals surface area contributed by atoms with Crippen LogP contribution in [0.25, 0.3) is 10.4 Å². The topological polar surface area (TPSA) is 189 Å². The Kier molecular flexibility index (Phi) is 35.3. The first-order valence-corrected chi connectivity index (χ1v) is 28.6. The predicted molar refractivity (Wildman–Crippen MR) is 275 cm³/mol. The van der Waals surface area contributed by atoms with E-state index in [2.05, 4.69) is 72.3 Å². The molecule has 418 valence electrons. The van der Waals surface area contributed by atoms with Crippen LogP contribution >= 0.6 is 0 Å². The smallest absolute Gasteiger partial charge is 0.187 e. The van der Waals surface area contributed by atoms with Crippen LogP contribution in [-0.2, 0) is 61.6 Å². The first-order chi connectivity index (χ1) is 34.8. The molecule has 17 nitrogen and oxygen atoms in total. The minimum atomic E-state index is -1.61. The van der Waals surface area contributed by atoms with Crippen molar-refractivity contribution in [3.05, 3.63) is 10.4 Å². The van der Waals surface area contributed by atoms with Crippen LogP contribution in [0.5, 0.6) is 0 Å². The summed E-state index contributed by atoms with van der Waals surface area (Å²) in [5.41, 5.74) is 8.22. The van der Waals surface area contributed by atoms with Gasteiger partial charge in [0.2, 0.25) is 0 Å². The van der Waals surface area contributed by atoms with Gasteiger partial charge in [-0.25, -0.2) is 0 Å². The third kappa shape index (κ3) is 20.7. The number of unbranched alkanes of at least 4 members (excludes halogenated alkanes) is 9. The van der Waals surface area contributed by atoms with Crippen molar-refractivity contribution < 1.29 is 66.7 Å². The molecular weight excluding hydrogens is 915 g/mol. The molecule has 17 heteroatoms. The van der Waals surface area contributed by atoms with Gasteiger partial charge in [0.05, 0.1) is 44.7 Å². The van der Waals surface area contributed by atoms with Gasteiger partial charge in [-0.15, -0.1) is 0 Å². The number of aliphatic hydroxyl groups excluding tert-OH is 1. The largest absolute Gasteiger partial charge is 0.381 e. The van der Waals surface area contributed by atoms with Gasteiger partial charge < -0.3 is 66.7 Å². The molecule has 71 heavy (non-hydrogen) atoms. The lowest BCUT2D eigenvalue weighted by Crippen LogP contribution is -2.80. The maximum atomic E-state index is 13.1. The fourth-order valence-electron chi connectivity index (χ4n) is 9.19. The van der Waals surface area contributed by atoms with Gasteiger partial charge in [-0.1, -0.05) is 125 Å². The second kappa shape index (κ2) is 39.2. The molecule has 7 unspecified atom stereocenters. The molecule has 0 radical (unpaired) electrons. The van der Waals surface area contributed by atoms with E-state index in [1.54, 1.807) is 0 Å². The number of nitrogens with zero attached hydrogens (tertiary/aromatic N) is 3. The van der Waals surface area contributed by atoms with Crippen molar-refractivity contribution in [2.75, 3.05) is 85.9 Å². The molecule has 3 aliphatic rings. The number of ether oxygens (including phenoxy) is 13. The van der Waals surface area contributed by atoms with Gasteiger partial charge in [0.1, 0.15) is 42.7 Å². The van der Waals surface area contributed by atoms with E-state index in [1.165, 1.54) is 0 Å². The van der Waals surface area contributed by atoms with E-state index in [4.69, 9.17) is 61.6 Å². The van der Waals surface area contributed by atoms with Crippen LogP contribution in [0, 0.1) is 5.92 Å². The normalized spacial score (nSPS) is 30.3. The van der Waals surface area contributed by atoms with Crippen molar-refractivity contribution >= 4 is 0 Å². The fraction of sp³-hybridized carbons (Fsp3) is 1.00. The van der Waals surface area contributed by atoms with Crippen molar-refractivity contribution in [1.82, 2.24) is 0 Å². The zero-order chi connectivity index (χ0) is 51.5. The Morgan fingerprint density at radius 3 is 1.51 bits per heavy atom. The monoisotopic (exact) mass is 1020 g/mol. The summed E-state index contributed by atoms with van der Waals surface area (Å²) in [7, 11) is 0. The molecule has 2 heterocycles. The number of hydrogen-bond donors (Lipinski definition) is 1. The summed E-state index contributed by atoms with van der Waals surface area (Å²) < 4.78 is 87.7. The average Bonchev–Trinajstić information content (AvgIpc) is 3.37. The van der Waals surface area contributed by atoms with Gasteiger partial charge in [-0.05, 0) is 63.3 Å². The first-order valence-electron chi connectivity index (χ1n) is 28.6. The van der Waals surface area contributed by atoms with Crippen LogP contribution in [0.1, 0.15) is 178 Å². The molecular formula is C54H103N3O14. The SMILES string of the molecule is CCCCOCC1OC[C@@H](N=[N+]=[N-])C(OCCCC)[C@@H]1O[C@H](O)C1(OCCCC)C(COCCCC)[C@H](O[C@H]2OC(COCCCC)[C@H](OCCCC)[C@H](OCCCC)C2OCCCC)C1OCCCC. The zero-order valence-electron chi connectivity index (χ0n) is 46.0. The highest BCUT2D eigenvalue weighted by Crippen LogP contribution is 2.51. The second-order valence-electron chi connectivity index (χ2n) is 19.6. The Labute approximate surface area is 429 Å². The third-order valence-corrected chi connectivity index (χ3v) is 13.7. The lowest BCUT2D eigenvalue weighted by Gasteiger charge is -2.62. The molecule has 0 bridgehead atoms. The lowest BCUT2D eigenvalue weighted by atomic mass is 9.63. The third-order valence-electron chi connectivity index (χ3n) is 13.7. The summed E-state index contributed by atoms with van der Waals surface area (Å²) in [4.78, 5) is 3.17. The lowest BCUT2D eigenvalue weighted by molar-refractivity contribution is -0.417. The number of rotatable bonds is 45. The zero-order valence-corrected chi connectivity index (χ0v) is 46.0. The van der Waals surface area contributed by atoms with E-state index in [0.29, 0.717) is 66.1 Å². The summed E-state index contributed by atoms with van der Waals surface area (Å²) in [5.74, 6) is -0.619. The molecule has 0 aromatic rings. The average molecular weight is 1020 g/mol. The molecule has 0 amide bonds. The van der Waals surface area contributed by atoms with E-state index in [9.17, 15) is 10.6 Å². The Morgan fingerprint density at radius 1 is 0.521 bits per heavy atom. The Morgan fingerprint density at radius 2 is 0.972 bits per heavy atom. The number of hydrogen-bond acceptors (Lipinski definition) is 15. The molecule has 0 aromatic heterocycles. The van der Waals surface area contributed by atoms with Crippen molar-refractivity contribution in [3.8, 4) is 0 Å². The van der Waals surface area contributed by atoms with E-state index >= 15 is 0 Å². The molecule has 0 aromatic carbocycles. The minimum absolute atomic E-state index is 0.116. The van der Waals surface area contributed by atoms with Crippen molar-refractivity contribution in [2.45, 2.75) is 257 Å². The summed E-state index contributed by atoms with van der Waals surface area (Å²) in [5, 5.41) is 17.2. The molecule has 14 atom stereocenters. The van der Waals surface area contributed by atoms with Crippen LogP contribution in [0.15, 0.2) is 5.11 Å². The first kappa shape index (κ1) is 64.0. The Hall–Kier alpha value is -1.25. The van der Waals surface area contributed by atoms with Crippen LogP contribution in [-0.4, -0.2) is 170 Å². The van der Waals surface area contributed by atoms with E-state index in [0.717, 1.165) is 116 Å². The molecule has 3 fully saturated rings. The van der Waals surface area contributed by atoms with Gasteiger partial charge in [-0.3, -0.25) is 0 Å². The molecule has 2 aliphatic heterocycles. The predicted octanol–water partition coefficient (Wildman–Crippen LogP) is 10.4. The maximum Gasteiger partial charge on any atom is 0.187 e. The Bertz CT molecular complexity index is 1340. The van der Waals surface area contributed by atoms with Gasteiger partial charge in [0.15, 0.2) is 18.2 Å². The molecule has 0 spiro atoms. The number of azide groups is 1. The highest BCUT2D eigenvalue weighted by molar-refractivity contribution is 5.16. The second-order valence-corrected chi connectivity index (χ2v) is 19.6. The van der Waals surface area contributed by atoms with Gasteiger partial charge in [0.25, 0.3) is 0 Å². The Balaban J connectivity index is 2.24. The summed E-state index contributed by atoms with van der Waals surface area (Å²) in [6.07, 6.45) is 7.40. The van der Waals surface area contributed by atoms with Crippen LogP contribution < -0.4 is 0 Å². The van der Waals surface area contributed by atoms with Crippen molar-refractivity contribution in [3.63, 3.8) is 0 Å². The maximum absolute atomic E-state index is 13.1. The van der Waals surface area contributed by atoms with Crippen LogP contribution in [0.3, 0.4) is 0 Å². The molecule has 2 saturated heterocycles. The van der Waals surface area contributed by atoms with Gasteiger partial charge in [0, 0.05) is 70.3 Å². The molecule has 3 rings (SSSR count). The fourth-order valence-corrected chi connectivity index (χ4v) is 9.19.